The van der Waals surface area contributed by atoms with Gasteiger partial charge in [-0.2, -0.15) is 0 Å². The van der Waals surface area contributed by atoms with Gasteiger partial charge in [-0.3, -0.25) is 4.99 Å². The summed E-state index contributed by atoms with van der Waals surface area (Å²) in [4.78, 5) is 6.88. The van der Waals surface area contributed by atoms with Crippen LogP contribution < -0.4 is 0 Å². The van der Waals surface area contributed by atoms with Gasteiger partial charge in [0.05, 0.1) is 18.0 Å². The number of hydrogen-bond acceptors (Lipinski definition) is 3. The number of ether oxygens (including phenoxy) is 1. The Balaban J connectivity index is 0.00000192. The van der Waals surface area contributed by atoms with Gasteiger partial charge >= 0.3 is 0 Å². The molecule has 3 nitrogen and oxygen atoms in total. The Hall–Kier alpha value is -1.06. The van der Waals surface area contributed by atoms with Crippen LogP contribution in [0.1, 0.15) is 57.9 Å². The second kappa shape index (κ2) is 8.16. The lowest BCUT2D eigenvalue weighted by Crippen LogP contribution is -2.45. The van der Waals surface area contributed by atoms with E-state index in [1.807, 2.05) is 0 Å². The number of aliphatic imine (C=N–C) groups is 1. The molecule has 1 aliphatic carbocycles. The van der Waals surface area contributed by atoms with Crippen molar-refractivity contribution in [3.8, 4) is 0 Å². The summed E-state index contributed by atoms with van der Waals surface area (Å²) in [6.45, 7) is 6.23. The molecule has 4 heteroatoms. The molecule has 0 saturated heterocycles. The lowest BCUT2D eigenvalue weighted by atomic mass is 9.79. The van der Waals surface area contributed by atoms with Crippen LogP contribution in [0.5, 0.6) is 0 Å². The first kappa shape index (κ1) is 18.3. The molecule has 128 valence electrons. The van der Waals surface area contributed by atoms with Crippen molar-refractivity contribution in [2.45, 2.75) is 64.2 Å². The Kier molecular flexibility index (Phi) is 6.49. The second-order valence-electron chi connectivity index (χ2n) is 6.52. The van der Waals surface area contributed by atoms with Crippen LogP contribution >= 0.6 is 12.4 Å². The predicted molar refractivity (Wildman–Crippen MR) is 98.3 cm³/mol. The number of hydrogen-bond donors (Lipinski definition) is 0. The molecule has 1 aromatic rings. The maximum absolute atomic E-state index is 6.81. The van der Waals surface area contributed by atoms with Gasteiger partial charge in [-0.1, -0.05) is 56.5 Å². The molecule has 2 aliphatic rings. The van der Waals surface area contributed by atoms with Crippen molar-refractivity contribution < 1.29 is 4.74 Å². The first-order valence-electron chi connectivity index (χ1n) is 8.76. The van der Waals surface area contributed by atoms with Gasteiger partial charge in [-0.25, -0.2) is 0 Å². The quantitative estimate of drug-likeness (QED) is 0.774. The monoisotopic (exact) mass is 336 g/mol. The van der Waals surface area contributed by atoms with Crippen molar-refractivity contribution in [3.63, 3.8) is 0 Å². The minimum absolute atomic E-state index is 0. The van der Waals surface area contributed by atoms with E-state index < -0.39 is 0 Å². The van der Waals surface area contributed by atoms with Gasteiger partial charge in [0, 0.05) is 6.54 Å². The van der Waals surface area contributed by atoms with Crippen molar-refractivity contribution in [3.05, 3.63) is 35.9 Å². The van der Waals surface area contributed by atoms with E-state index in [-0.39, 0.29) is 24.2 Å². The molecule has 1 aromatic carbocycles. The summed E-state index contributed by atoms with van der Waals surface area (Å²) < 4.78 is 6.81. The number of benzene rings is 1. The molecule has 23 heavy (non-hydrogen) atoms. The van der Waals surface area contributed by atoms with Crippen LogP contribution in [0.25, 0.3) is 0 Å². The van der Waals surface area contributed by atoms with Gasteiger partial charge in [0.2, 0.25) is 0 Å². The molecule has 0 bridgehead atoms. The summed E-state index contributed by atoms with van der Waals surface area (Å²) >= 11 is 0. The van der Waals surface area contributed by atoms with Crippen molar-refractivity contribution in [2.24, 2.45) is 4.99 Å². The highest BCUT2D eigenvalue weighted by atomic mass is 35.5. The fraction of sp³-hybridized carbons (Fsp3) is 0.632. The average Bonchev–Trinajstić information content (AvgIpc) is 3.00. The molecule has 1 heterocycles. The molecule has 0 N–H and O–H groups in total. The molecule has 1 saturated carbocycles. The number of halogens is 1. The Morgan fingerprint density at radius 2 is 1.87 bits per heavy atom. The highest BCUT2D eigenvalue weighted by Crippen LogP contribution is 2.42. The van der Waals surface area contributed by atoms with E-state index in [0.29, 0.717) is 0 Å². The van der Waals surface area contributed by atoms with Gasteiger partial charge in [-0.05, 0) is 31.7 Å². The Morgan fingerprint density at radius 3 is 2.43 bits per heavy atom. The highest BCUT2D eigenvalue weighted by molar-refractivity contribution is 5.85. The van der Waals surface area contributed by atoms with Crippen LogP contribution in [0.15, 0.2) is 35.3 Å². The van der Waals surface area contributed by atoms with Crippen molar-refractivity contribution in [1.82, 2.24) is 4.90 Å². The molecule has 1 atom stereocenters. The second-order valence-corrected chi connectivity index (χ2v) is 6.52. The SMILES string of the molecule is CCC(OC1(c2ccccc2)CCCCC1)N1CCN=C1C.Cl. The van der Waals surface area contributed by atoms with E-state index in [9.17, 15) is 0 Å². The summed E-state index contributed by atoms with van der Waals surface area (Å²) in [6.07, 6.45) is 7.27. The van der Waals surface area contributed by atoms with E-state index in [4.69, 9.17) is 4.74 Å². The molecule has 0 radical (unpaired) electrons. The van der Waals surface area contributed by atoms with Gasteiger partial charge in [0.1, 0.15) is 6.23 Å². The molecule has 0 spiro atoms. The maximum Gasteiger partial charge on any atom is 0.131 e. The zero-order chi connectivity index (χ0) is 15.4. The summed E-state index contributed by atoms with van der Waals surface area (Å²) in [5.74, 6) is 1.13. The molecular weight excluding hydrogens is 308 g/mol. The van der Waals surface area contributed by atoms with Gasteiger partial charge in [-0.15, -0.1) is 12.4 Å². The zero-order valence-corrected chi connectivity index (χ0v) is 15.1. The van der Waals surface area contributed by atoms with E-state index in [1.165, 1.54) is 24.8 Å². The molecule has 0 amide bonds. The molecule has 3 rings (SSSR count). The largest absolute Gasteiger partial charge is 0.347 e. The van der Waals surface area contributed by atoms with Crippen LogP contribution in [0.4, 0.5) is 0 Å². The Labute approximate surface area is 146 Å². The van der Waals surface area contributed by atoms with Gasteiger partial charge in [0.25, 0.3) is 0 Å². The smallest absolute Gasteiger partial charge is 0.131 e. The zero-order valence-electron chi connectivity index (χ0n) is 14.3. The predicted octanol–water partition coefficient (Wildman–Crippen LogP) is 4.75. The van der Waals surface area contributed by atoms with Crippen molar-refractivity contribution >= 4 is 18.2 Å². The number of nitrogens with zero attached hydrogens (tertiary/aromatic N) is 2. The average molecular weight is 337 g/mol. The van der Waals surface area contributed by atoms with Gasteiger partial charge < -0.3 is 9.64 Å². The Bertz CT molecular complexity index is 511. The van der Waals surface area contributed by atoms with E-state index in [1.54, 1.807) is 0 Å². The standard InChI is InChI=1S/C19H28N2O.ClH/c1-3-18(21-15-14-20-16(21)2)22-19(12-8-5-9-13-19)17-10-6-4-7-11-17;/h4,6-7,10-11,18H,3,5,8-9,12-15H2,1-2H3;1H. The van der Waals surface area contributed by atoms with Crippen LogP contribution in [0.3, 0.4) is 0 Å². The van der Waals surface area contributed by atoms with Crippen LogP contribution in [0.2, 0.25) is 0 Å². The summed E-state index contributed by atoms with van der Waals surface area (Å²) in [6, 6.07) is 10.8. The minimum Gasteiger partial charge on any atom is -0.347 e. The first-order chi connectivity index (χ1) is 10.7. The lowest BCUT2D eigenvalue weighted by Gasteiger charge is -2.43. The van der Waals surface area contributed by atoms with Gasteiger partial charge in [0.15, 0.2) is 0 Å². The molecular formula is C19H29ClN2O. The maximum atomic E-state index is 6.81. The fourth-order valence-corrected chi connectivity index (χ4v) is 3.89. The summed E-state index contributed by atoms with van der Waals surface area (Å²) in [7, 11) is 0. The van der Waals surface area contributed by atoms with E-state index in [0.717, 1.165) is 38.2 Å². The number of rotatable bonds is 5. The van der Waals surface area contributed by atoms with Crippen LogP contribution in [-0.4, -0.2) is 30.1 Å². The van der Waals surface area contributed by atoms with E-state index in [2.05, 4.69) is 54.1 Å². The normalized spacial score (nSPS) is 21.5. The molecule has 1 unspecified atom stereocenters. The van der Waals surface area contributed by atoms with E-state index >= 15 is 0 Å². The molecule has 1 fully saturated rings. The summed E-state index contributed by atoms with van der Waals surface area (Å²) in [5, 5.41) is 0. The topological polar surface area (TPSA) is 24.8 Å². The lowest BCUT2D eigenvalue weighted by molar-refractivity contribution is -0.158. The van der Waals surface area contributed by atoms with Crippen LogP contribution in [-0.2, 0) is 10.3 Å². The van der Waals surface area contributed by atoms with Crippen molar-refractivity contribution in [2.75, 3.05) is 13.1 Å². The third-order valence-electron chi connectivity index (χ3n) is 5.12. The number of amidine groups is 1. The third-order valence-corrected chi connectivity index (χ3v) is 5.12. The minimum atomic E-state index is -0.108. The molecule has 1 aliphatic heterocycles. The molecule has 0 aromatic heterocycles. The first-order valence-corrected chi connectivity index (χ1v) is 8.76. The fourth-order valence-electron chi connectivity index (χ4n) is 3.89. The van der Waals surface area contributed by atoms with Crippen molar-refractivity contribution in [1.29, 1.82) is 0 Å². The third kappa shape index (κ3) is 3.89. The van der Waals surface area contributed by atoms with Crippen LogP contribution in [0, 0.1) is 0 Å². The summed E-state index contributed by atoms with van der Waals surface area (Å²) in [5.41, 5.74) is 1.24. The highest BCUT2D eigenvalue weighted by Gasteiger charge is 2.38. The Morgan fingerprint density at radius 1 is 1.17 bits per heavy atom.